The van der Waals surface area contributed by atoms with Gasteiger partial charge in [0.1, 0.15) is 11.5 Å². The predicted octanol–water partition coefficient (Wildman–Crippen LogP) is 1.13. The van der Waals surface area contributed by atoms with Crippen LogP contribution in [0.1, 0.15) is 24.5 Å². The van der Waals surface area contributed by atoms with Crippen LogP contribution in [0.4, 0.5) is 0 Å². The van der Waals surface area contributed by atoms with Gasteiger partial charge in [-0.25, -0.2) is 12.7 Å². The summed E-state index contributed by atoms with van der Waals surface area (Å²) in [4.78, 5) is 0. The third kappa shape index (κ3) is 4.14. The molecule has 0 amide bonds. The van der Waals surface area contributed by atoms with Crippen LogP contribution in [0.25, 0.3) is 0 Å². The Balaban J connectivity index is 2.42. The molecule has 1 N–H and O–H groups in total. The van der Waals surface area contributed by atoms with Crippen LogP contribution in [0, 0.1) is 6.92 Å². The van der Waals surface area contributed by atoms with Crippen molar-refractivity contribution in [3.63, 3.8) is 0 Å². The van der Waals surface area contributed by atoms with Crippen molar-refractivity contribution in [2.75, 3.05) is 26.4 Å². The van der Waals surface area contributed by atoms with E-state index in [2.05, 4.69) is 5.32 Å². The lowest BCUT2D eigenvalue weighted by Crippen LogP contribution is -2.32. The van der Waals surface area contributed by atoms with Gasteiger partial charge in [0.15, 0.2) is 0 Å². The maximum Gasteiger partial charge on any atom is 0.214 e. The summed E-state index contributed by atoms with van der Waals surface area (Å²) in [7, 11) is -0.0579. The zero-order valence-corrected chi connectivity index (χ0v) is 11.5. The van der Waals surface area contributed by atoms with Gasteiger partial charge in [0.25, 0.3) is 0 Å². The fraction of sp³-hybridized carbons (Fsp3) is 0.636. The second-order valence-corrected chi connectivity index (χ2v) is 6.53. The first kappa shape index (κ1) is 14.2. The van der Waals surface area contributed by atoms with E-state index >= 15 is 0 Å². The van der Waals surface area contributed by atoms with Crippen LogP contribution in [0.3, 0.4) is 0 Å². The minimum absolute atomic E-state index is 0.0149. The summed E-state index contributed by atoms with van der Waals surface area (Å²) in [6, 6.07) is 3.80. The number of aryl methyl sites for hydroxylation is 1. The molecule has 0 aliphatic heterocycles. The Hall–Kier alpha value is -0.850. The molecular weight excluding hydrogens is 240 g/mol. The fourth-order valence-electron chi connectivity index (χ4n) is 1.37. The molecule has 1 atom stereocenters. The van der Waals surface area contributed by atoms with Crippen molar-refractivity contribution < 1.29 is 12.8 Å². The van der Waals surface area contributed by atoms with Crippen LogP contribution in [0.2, 0.25) is 0 Å². The lowest BCUT2D eigenvalue weighted by atomic mass is 10.2. The highest BCUT2D eigenvalue weighted by Crippen LogP contribution is 2.15. The third-order valence-electron chi connectivity index (χ3n) is 2.55. The number of nitrogens with zero attached hydrogens (tertiary/aromatic N) is 1. The molecule has 0 saturated heterocycles. The second-order valence-electron chi connectivity index (χ2n) is 4.22. The first-order chi connectivity index (χ1) is 7.83. The number of hydrogen-bond donors (Lipinski definition) is 1. The number of nitrogens with one attached hydrogen (secondary N) is 1. The molecule has 0 aliphatic rings. The van der Waals surface area contributed by atoms with Gasteiger partial charge in [-0.3, -0.25) is 0 Å². The van der Waals surface area contributed by atoms with Crippen LogP contribution in [0.5, 0.6) is 0 Å². The minimum Gasteiger partial charge on any atom is -0.465 e. The van der Waals surface area contributed by atoms with E-state index in [9.17, 15) is 8.42 Å². The van der Waals surface area contributed by atoms with Crippen LogP contribution in [0.15, 0.2) is 16.5 Å². The monoisotopic (exact) mass is 260 g/mol. The molecule has 0 fully saturated rings. The standard InChI is InChI=1S/C11H20N2O3S/c1-9-5-6-11(16-9)10(2)12-7-8-17(14,15)13(3)4/h5-6,10,12H,7-8H2,1-4H3. The van der Waals surface area contributed by atoms with E-state index in [0.717, 1.165) is 11.5 Å². The van der Waals surface area contributed by atoms with Gasteiger partial charge in [-0.2, -0.15) is 0 Å². The number of furan rings is 1. The quantitative estimate of drug-likeness (QED) is 0.833. The molecule has 1 unspecified atom stereocenters. The van der Waals surface area contributed by atoms with Crippen LogP contribution in [-0.4, -0.2) is 39.1 Å². The van der Waals surface area contributed by atoms with E-state index in [-0.39, 0.29) is 11.8 Å². The van der Waals surface area contributed by atoms with E-state index < -0.39 is 10.0 Å². The van der Waals surface area contributed by atoms with Crippen LogP contribution >= 0.6 is 0 Å². The first-order valence-electron chi connectivity index (χ1n) is 5.53. The Labute approximate surface area is 103 Å². The van der Waals surface area contributed by atoms with Gasteiger partial charge >= 0.3 is 0 Å². The predicted molar refractivity (Wildman–Crippen MR) is 67.3 cm³/mol. The summed E-state index contributed by atoms with van der Waals surface area (Å²) in [5.41, 5.74) is 0. The van der Waals surface area contributed by atoms with Crippen LogP contribution < -0.4 is 5.32 Å². The van der Waals surface area contributed by atoms with E-state index in [4.69, 9.17) is 4.42 Å². The summed E-state index contributed by atoms with van der Waals surface area (Å²) in [6.07, 6.45) is 0. The molecule has 0 bridgehead atoms. The van der Waals surface area contributed by atoms with Gasteiger partial charge in [0.05, 0.1) is 11.8 Å². The topological polar surface area (TPSA) is 62.6 Å². The third-order valence-corrected chi connectivity index (χ3v) is 4.39. The molecule has 0 radical (unpaired) electrons. The van der Waals surface area contributed by atoms with Gasteiger partial charge in [-0.05, 0) is 26.0 Å². The van der Waals surface area contributed by atoms with Gasteiger partial charge in [-0.1, -0.05) is 0 Å². The average Bonchev–Trinajstić information content (AvgIpc) is 2.64. The van der Waals surface area contributed by atoms with Gasteiger partial charge < -0.3 is 9.73 Å². The Morgan fingerprint density at radius 2 is 2.06 bits per heavy atom. The van der Waals surface area contributed by atoms with Crippen molar-refractivity contribution in [3.05, 3.63) is 23.7 Å². The maximum absolute atomic E-state index is 11.5. The number of sulfonamides is 1. The number of hydrogen-bond acceptors (Lipinski definition) is 4. The molecule has 5 nitrogen and oxygen atoms in total. The summed E-state index contributed by atoms with van der Waals surface area (Å²) < 4.78 is 29.7. The molecule has 17 heavy (non-hydrogen) atoms. The summed E-state index contributed by atoms with van der Waals surface area (Å²) in [5, 5.41) is 3.12. The molecule has 1 rings (SSSR count). The molecule has 1 aromatic heterocycles. The SMILES string of the molecule is Cc1ccc(C(C)NCCS(=O)(=O)N(C)C)o1. The Kier molecular flexibility index (Phi) is 4.73. The highest BCUT2D eigenvalue weighted by Gasteiger charge is 2.14. The van der Waals surface area contributed by atoms with Crippen molar-refractivity contribution in [2.24, 2.45) is 0 Å². The van der Waals surface area contributed by atoms with E-state index in [1.165, 1.54) is 18.4 Å². The van der Waals surface area contributed by atoms with Gasteiger partial charge in [0.2, 0.25) is 10.0 Å². The van der Waals surface area contributed by atoms with Crippen molar-refractivity contribution in [1.82, 2.24) is 9.62 Å². The number of rotatable bonds is 6. The van der Waals surface area contributed by atoms with E-state index in [1.54, 1.807) is 0 Å². The zero-order valence-electron chi connectivity index (χ0n) is 10.7. The molecule has 6 heteroatoms. The Morgan fingerprint density at radius 1 is 1.41 bits per heavy atom. The van der Waals surface area contributed by atoms with Gasteiger partial charge in [-0.15, -0.1) is 0 Å². The van der Waals surface area contributed by atoms with Crippen molar-refractivity contribution in [2.45, 2.75) is 19.9 Å². The normalized spacial score (nSPS) is 14.2. The van der Waals surface area contributed by atoms with Crippen LogP contribution in [-0.2, 0) is 10.0 Å². The summed E-state index contributed by atoms with van der Waals surface area (Å²) in [5.74, 6) is 1.77. The lowest BCUT2D eigenvalue weighted by Gasteiger charge is -2.14. The molecule has 0 aromatic carbocycles. The fourth-order valence-corrected chi connectivity index (χ4v) is 2.11. The first-order valence-corrected chi connectivity index (χ1v) is 7.14. The summed E-state index contributed by atoms with van der Waals surface area (Å²) >= 11 is 0. The average molecular weight is 260 g/mol. The van der Waals surface area contributed by atoms with Gasteiger partial charge in [0, 0.05) is 20.6 Å². The highest BCUT2D eigenvalue weighted by molar-refractivity contribution is 7.89. The van der Waals surface area contributed by atoms with Crippen molar-refractivity contribution >= 4 is 10.0 Å². The molecule has 1 aromatic rings. The molecule has 98 valence electrons. The zero-order chi connectivity index (χ0) is 13.1. The highest BCUT2D eigenvalue weighted by atomic mass is 32.2. The molecule has 0 aliphatic carbocycles. The van der Waals surface area contributed by atoms with Crippen molar-refractivity contribution in [3.8, 4) is 0 Å². The molecule has 0 saturated carbocycles. The molecule has 0 spiro atoms. The minimum atomic E-state index is -3.13. The smallest absolute Gasteiger partial charge is 0.214 e. The maximum atomic E-state index is 11.5. The van der Waals surface area contributed by atoms with E-state index in [0.29, 0.717) is 6.54 Å². The Bertz CT molecular complexity index is 451. The summed E-state index contributed by atoms with van der Waals surface area (Å²) in [6.45, 7) is 4.23. The lowest BCUT2D eigenvalue weighted by molar-refractivity contribution is 0.420. The second kappa shape index (κ2) is 5.66. The van der Waals surface area contributed by atoms with Crippen molar-refractivity contribution in [1.29, 1.82) is 0 Å². The molecule has 1 heterocycles. The Morgan fingerprint density at radius 3 is 2.53 bits per heavy atom. The molecular formula is C11H20N2O3S. The largest absolute Gasteiger partial charge is 0.465 e. The van der Waals surface area contributed by atoms with E-state index in [1.807, 2.05) is 26.0 Å².